The first-order chi connectivity index (χ1) is 40.5. The molecule has 0 heterocycles. The van der Waals surface area contributed by atoms with Gasteiger partial charge in [-0.25, -0.2) is 0 Å². The van der Waals surface area contributed by atoms with Gasteiger partial charge >= 0.3 is 17.9 Å². The van der Waals surface area contributed by atoms with Gasteiger partial charge in [-0.3, -0.25) is 14.4 Å². The molecule has 0 spiro atoms. The summed E-state index contributed by atoms with van der Waals surface area (Å²) in [7, 11) is 0. The minimum Gasteiger partial charge on any atom is -0.462 e. The molecule has 0 amide bonds. The van der Waals surface area contributed by atoms with Crippen molar-refractivity contribution in [2.45, 2.75) is 290 Å². The molecule has 0 rings (SSSR count). The molecule has 0 aromatic heterocycles. The fourth-order valence-corrected chi connectivity index (χ4v) is 8.80. The van der Waals surface area contributed by atoms with Crippen molar-refractivity contribution in [3.63, 3.8) is 0 Å². The van der Waals surface area contributed by atoms with Crippen molar-refractivity contribution in [2.24, 2.45) is 0 Å². The van der Waals surface area contributed by atoms with Gasteiger partial charge in [0, 0.05) is 19.3 Å². The maximum Gasteiger partial charge on any atom is 0.306 e. The summed E-state index contributed by atoms with van der Waals surface area (Å²) in [5.74, 6) is -0.969. The van der Waals surface area contributed by atoms with E-state index < -0.39 is 6.10 Å². The molecule has 0 saturated carbocycles. The van der Waals surface area contributed by atoms with Crippen LogP contribution in [0.2, 0.25) is 0 Å². The summed E-state index contributed by atoms with van der Waals surface area (Å²) in [6, 6.07) is 0. The molecule has 0 bridgehead atoms. The van der Waals surface area contributed by atoms with Gasteiger partial charge in [-0.15, -0.1) is 0 Å². The number of rotatable bonds is 59. The first-order valence-corrected chi connectivity index (χ1v) is 33.5. The van der Waals surface area contributed by atoms with Crippen LogP contribution in [0.1, 0.15) is 284 Å². The number of allylic oxidation sites excluding steroid dienone is 26. The number of esters is 3. The predicted molar refractivity (Wildman–Crippen MR) is 357 cm³/mol. The second-order valence-corrected chi connectivity index (χ2v) is 21.6. The van der Waals surface area contributed by atoms with Crippen LogP contribution in [-0.2, 0) is 28.6 Å². The van der Waals surface area contributed by atoms with Gasteiger partial charge in [0.15, 0.2) is 6.10 Å². The minimum atomic E-state index is -0.815. The lowest BCUT2D eigenvalue weighted by molar-refractivity contribution is -0.167. The Labute approximate surface area is 505 Å². The van der Waals surface area contributed by atoms with Crippen molar-refractivity contribution in [3.8, 4) is 0 Å². The fraction of sp³-hybridized carbons (Fsp3) is 0.618. The summed E-state index contributed by atoms with van der Waals surface area (Å²) in [5.41, 5.74) is 0. The summed E-state index contributed by atoms with van der Waals surface area (Å²) in [5, 5.41) is 0. The number of carbonyl (C=O) groups excluding carboxylic acids is 3. The Morgan fingerprint density at radius 1 is 0.256 bits per heavy atom. The molecule has 462 valence electrons. The zero-order chi connectivity index (χ0) is 59.2. The average molecular weight is 1130 g/mol. The average Bonchev–Trinajstić information content (AvgIpc) is 3.47. The quantitative estimate of drug-likeness (QED) is 0.0261. The molecule has 0 radical (unpaired) electrons. The lowest BCUT2D eigenvalue weighted by Crippen LogP contribution is -2.30. The fourth-order valence-electron chi connectivity index (χ4n) is 8.80. The maximum absolute atomic E-state index is 12.9. The van der Waals surface area contributed by atoms with Gasteiger partial charge in [0.2, 0.25) is 0 Å². The third kappa shape index (κ3) is 65.8. The van der Waals surface area contributed by atoms with Gasteiger partial charge in [0.25, 0.3) is 0 Å². The van der Waals surface area contributed by atoms with E-state index in [4.69, 9.17) is 14.2 Å². The van der Waals surface area contributed by atoms with E-state index in [2.05, 4.69) is 179 Å². The molecule has 0 aromatic carbocycles. The predicted octanol–water partition coefficient (Wildman–Crippen LogP) is 23.3. The molecule has 6 nitrogen and oxygen atoms in total. The first kappa shape index (κ1) is 77.0. The molecule has 82 heavy (non-hydrogen) atoms. The highest BCUT2D eigenvalue weighted by Gasteiger charge is 2.19. The monoisotopic (exact) mass is 1130 g/mol. The summed E-state index contributed by atoms with van der Waals surface area (Å²) >= 11 is 0. The largest absolute Gasteiger partial charge is 0.462 e. The van der Waals surface area contributed by atoms with Gasteiger partial charge < -0.3 is 14.2 Å². The van der Waals surface area contributed by atoms with Crippen molar-refractivity contribution >= 4 is 17.9 Å². The van der Waals surface area contributed by atoms with Gasteiger partial charge in [0.1, 0.15) is 13.2 Å². The number of hydrogen-bond acceptors (Lipinski definition) is 6. The highest BCUT2D eigenvalue weighted by molar-refractivity contribution is 5.71. The van der Waals surface area contributed by atoms with Crippen LogP contribution in [-0.4, -0.2) is 37.2 Å². The highest BCUT2D eigenvalue weighted by Crippen LogP contribution is 2.15. The number of carbonyl (C=O) groups is 3. The Morgan fingerprint density at radius 2 is 0.476 bits per heavy atom. The lowest BCUT2D eigenvalue weighted by atomic mass is 10.1. The van der Waals surface area contributed by atoms with Crippen molar-refractivity contribution in [2.75, 3.05) is 13.2 Å². The second kappa shape index (κ2) is 68.5. The van der Waals surface area contributed by atoms with Crippen LogP contribution < -0.4 is 0 Å². The third-order valence-electron chi connectivity index (χ3n) is 13.7. The molecule has 0 aliphatic carbocycles. The molecule has 0 aromatic rings. The standard InChI is InChI=1S/C76H122O6/c1-4-7-10-13-16-19-22-25-28-31-34-35-36-37-38-39-40-41-43-45-48-51-54-57-60-63-66-69-75(78)81-72-73(71-80-74(77)68-65-62-59-56-53-50-47-44-33-30-27-24-21-18-15-12-9-6-3)82-76(79)70-67-64-61-58-55-52-49-46-42-32-29-26-23-20-17-14-11-8-5-2/h7-8,10-11,16-17,19-20,25-26,28-30,33-35,37-38,40-42,45-46,48,54,57,73H,4-6,9,12-15,18,21-24,27,31-32,36,39,43-44,47,49-53,55-56,58-72H2,1-3H3/b10-7-,11-8-,19-16-,20-17-,28-25-,29-26-,33-30-,35-34-,38-37-,41-40-,46-42-,48-45-,57-54-. The van der Waals surface area contributed by atoms with Gasteiger partial charge in [-0.1, -0.05) is 275 Å². The molecule has 6 heteroatoms. The normalized spacial score (nSPS) is 13.2. The Kier molecular flexibility index (Phi) is 64.4. The lowest BCUT2D eigenvalue weighted by Gasteiger charge is -2.18. The van der Waals surface area contributed by atoms with Crippen molar-refractivity contribution < 1.29 is 28.6 Å². The third-order valence-corrected chi connectivity index (χ3v) is 13.7. The SMILES string of the molecule is CC/C=C\C/C=C\C/C=C\C/C=C\C/C=C\C/C=C\C/C=C\C/C=C\CCCCC(=O)OCC(COC(=O)CCCCCCCCC/C=C\CCCCCCCCC)OC(=O)CCCCCCCC/C=C\C/C=C\C/C=C\C/C=C\CC. The minimum absolute atomic E-state index is 0.106. The Hall–Kier alpha value is -4.97. The summed E-state index contributed by atoms with van der Waals surface area (Å²) in [4.78, 5) is 38.4. The number of unbranched alkanes of at least 4 members (excludes halogenated alkanes) is 22. The van der Waals surface area contributed by atoms with Crippen molar-refractivity contribution in [1.82, 2.24) is 0 Å². The zero-order valence-electron chi connectivity index (χ0n) is 52.9. The summed E-state index contributed by atoms with van der Waals surface area (Å²) < 4.78 is 16.9. The molecule has 0 aliphatic heterocycles. The van der Waals surface area contributed by atoms with Gasteiger partial charge in [-0.2, -0.15) is 0 Å². The second-order valence-electron chi connectivity index (χ2n) is 21.6. The van der Waals surface area contributed by atoms with Crippen molar-refractivity contribution in [1.29, 1.82) is 0 Å². The Balaban J connectivity index is 4.51. The van der Waals surface area contributed by atoms with Crippen LogP contribution in [0.5, 0.6) is 0 Å². The van der Waals surface area contributed by atoms with E-state index in [1.165, 1.54) is 96.3 Å². The van der Waals surface area contributed by atoms with Gasteiger partial charge in [-0.05, 0) is 148 Å². The Morgan fingerprint density at radius 3 is 0.780 bits per heavy atom. The molecule has 0 aliphatic rings. The summed E-state index contributed by atoms with van der Waals surface area (Å²) in [6.45, 7) is 6.37. The van der Waals surface area contributed by atoms with Crippen molar-refractivity contribution in [3.05, 3.63) is 158 Å². The van der Waals surface area contributed by atoms with Crippen LogP contribution >= 0.6 is 0 Å². The van der Waals surface area contributed by atoms with Crippen LogP contribution in [0.4, 0.5) is 0 Å². The molecular formula is C76H122O6. The number of hydrogen-bond donors (Lipinski definition) is 0. The van der Waals surface area contributed by atoms with E-state index in [1.54, 1.807) is 0 Å². The molecule has 0 fully saturated rings. The van der Waals surface area contributed by atoms with Crippen LogP contribution in [0.3, 0.4) is 0 Å². The highest BCUT2D eigenvalue weighted by atomic mass is 16.6. The molecule has 1 unspecified atom stereocenters. The van der Waals surface area contributed by atoms with E-state index in [0.717, 1.165) is 141 Å². The zero-order valence-corrected chi connectivity index (χ0v) is 52.9. The van der Waals surface area contributed by atoms with Crippen LogP contribution in [0.25, 0.3) is 0 Å². The first-order valence-electron chi connectivity index (χ1n) is 33.5. The molecular weight excluding hydrogens is 1010 g/mol. The van der Waals surface area contributed by atoms with E-state index in [-0.39, 0.29) is 31.1 Å². The topological polar surface area (TPSA) is 78.9 Å². The maximum atomic E-state index is 12.9. The molecule has 1 atom stereocenters. The van der Waals surface area contributed by atoms with E-state index in [0.29, 0.717) is 25.7 Å². The van der Waals surface area contributed by atoms with Crippen LogP contribution in [0.15, 0.2) is 158 Å². The smallest absolute Gasteiger partial charge is 0.306 e. The van der Waals surface area contributed by atoms with E-state index >= 15 is 0 Å². The summed E-state index contributed by atoms with van der Waals surface area (Å²) in [6.07, 6.45) is 99.6. The molecule has 0 saturated heterocycles. The Bertz CT molecular complexity index is 1830. The van der Waals surface area contributed by atoms with E-state index in [9.17, 15) is 14.4 Å². The molecule has 0 N–H and O–H groups in total. The van der Waals surface area contributed by atoms with Gasteiger partial charge in [0.05, 0.1) is 0 Å². The number of ether oxygens (including phenoxy) is 3. The van der Waals surface area contributed by atoms with E-state index in [1.807, 2.05) is 0 Å². The van der Waals surface area contributed by atoms with Crippen LogP contribution in [0, 0.1) is 0 Å².